The molecule has 2 N–H and O–H groups in total. The lowest BCUT2D eigenvalue weighted by Gasteiger charge is -2.18. The number of carboxylic acid groups (broad SMARTS) is 1. The molecule has 0 unspecified atom stereocenters. The molecule has 0 aliphatic carbocycles. The summed E-state index contributed by atoms with van der Waals surface area (Å²) in [4.78, 5) is 20.4. The fourth-order valence-corrected chi connectivity index (χ4v) is 3.06. The largest absolute Gasteiger partial charge is 0.480 e. The SMILES string of the molecule is CC(C)(Sc1nc(Nc2ccc(C#N)cc2)c2ccccc2n1)C(=O)O. The van der Waals surface area contributed by atoms with Crippen molar-refractivity contribution in [2.24, 2.45) is 0 Å². The first-order chi connectivity index (χ1) is 12.4. The summed E-state index contributed by atoms with van der Waals surface area (Å²) in [6.07, 6.45) is 0. The van der Waals surface area contributed by atoms with Gasteiger partial charge in [-0.05, 0) is 50.2 Å². The Hall–Kier alpha value is -3.11. The zero-order chi connectivity index (χ0) is 18.7. The highest BCUT2D eigenvalue weighted by Crippen LogP contribution is 2.33. The van der Waals surface area contributed by atoms with Crippen LogP contribution in [0.25, 0.3) is 10.9 Å². The summed E-state index contributed by atoms with van der Waals surface area (Å²) in [5.41, 5.74) is 2.08. The molecule has 0 bridgehead atoms. The molecule has 1 aromatic heterocycles. The highest BCUT2D eigenvalue weighted by atomic mass is 32.2. The van der Waals surface area contributed by atoms with Gasteiger partial charge in [0.1, 0.15) is 10.6 Å². The number of hydrogen-bond donors (Lipinski definition) is 2. The van der Waals surface area contributed by atoms with E-state index in [1.54, 1.807) is 38.1 Å². The molecule has 0 aliphatic heterocycles. The van der Waals surface area contributed by atoms with E-state index in [1.807, 2.05) is 24.3 Å². The smallest absolute Gasteiger partial charge is 0.319 e. The highest BCUT2D eigenvalue weighted by molar-refractivity contribution is 8.01. The first-order valence-corrected chi connectivity index (χ1v) is 8.67. The Morgan fingerprint density at radius 2 is 1.85 bits per heavy atom. The molecule has 0 radical (unpaired) electrons. The zero-order valence-electron chi connectivity index (χ0n) is 14.2. The van der Waals surface area contributed by atoms with Crippen molar-refractivity contribution in [2.45, 2.75) is 23.8 Å². The number of aromatic nitrogens is 2. The van der Waals surface area contributed by atoms with Gasteiger partial charge in [-0.3, -0.25) is 4.79 Å². The Labute approximate surface area is 154 Å². The Balaban J connectivity index is 2.02. The van der Waals surface area contributed by atoms with Crippen molar-refractivity contribution in [1.29, 1.82) is 5.26 Å². The normalized spacial score (nSPS) is 11.1. The minimum absolute atomic E-state index is 0.382. The Bertz CT molecular complexity index is 1010. The summed E-state index contributed by atoms with van der Waals surface area (Å²) in [5.74, 6) is -0.343. The number of nitrogens with one attached hydrogen (secondary N) is 1. The predicted octanol–water partition coefficient (Wildman–Crippen LogP) is 4.20. The molecule has 0 saturated heterocycles. The molecule has 3 aromatic rings. The van der Waals surface area contributed by atoms with E-state index in [0.29, 0.717) is 16.5 Å². The Morgan fingerprint density at radius 1 is 1.15 bits per heavy atom. The van der Waals surface area contributed by atoms with Crippen molar-refractivity contribution < 1.29 is 9.90 Å². The third-order valence-corrected chi connectivity index (χ3v) is 4.77. The fraction of sp³-hybridized carbons (Fsp3) is 0.158. The van der Waals surface area contributed by atoms with Crippen LogP contribution in [0.2, 0.25) is 0 Å². The van der Waals surface area contributed by atoms with Crippen LogP contribution in [0.1, 0.15) is 19.4 Å². The average Bonchev–Trinajstić information content (AvgIpc) is 2.62. The number of nitrogens with zero attached hydrogens (tertiary/aromatic N) is 3. The van der Waals surface area contributed by atoms with Gasteiger partial charge >= 0.3 is 5.97 Å². The molecule has 7 heteroatoms. The zero-order valence-corrected chi connectivity index (χ0v) is 15.0. The second-order valence-corrected chi connectivity index (χ2v) is 7.69. The standard InChI is InChI=1S/C19H16N4O2S/c1-19(2,17(24)25)26-18-22-15-6-4-3-5-14(15)16(23-18)21-13-9-7-12(11-20)8-10-13/h3-10H,1-2H3,(H,24,25)(H,21,22,23). The topological polar surface area (TPSA) is 98.9 Å². The minimum atomic E-state index is -1.05. The summed E-state index contributed by atoms with van der Waals surface area (Å²) in [5, 5.41) is 22.7. The van der Waals surface area contributed by atoms with Gasteiger partial charge < -0.3 is 10.4 Å². The van der Waals surface area contributed by atoms with Crippen molar-refractivity contribution in [3.63, 3.8) is 0 Å². The molecule has 0 atom stereocenters. The van der Waals surface area contributed by atoms with Gasteiger partial charge in [0.25, 0.3) is 0 Å². The van der Waals surface area contributed by atoms with Crippen LogP contribution >= 0.6 is 11.8 Å². The summed E-state index contributed by atoms with van der Waals surface area (Å²) >= 11 is 1.09. The maximum Gasteiger partial charge on any atom is 0.319 e. The van der Waals surface area contributed by atoms with E-state index >= 15 is 0 Å². The predicted molar refractivity (Wildman–Crippen MR) is 102 cm³/mol. The van der Waals surface area contributed by atoms with Crippen molar-refractivity contribution in [1.82, 2.24) is 9.97 Å². The van der Waals surface area contributed by atoms with E-state index < -0.39 is 10.7 Å². The molecule has 2 aromatic carbocycles. The van der Waals surface area contributed by atoms with Crippen LogP contribution in [0.5, 0.6) is 0 Å². The number of carboxylic acids is 1. The van der Waals surface area contributed by atoms with Gasteiger partial charge in [0.15, 0.2) is 5.16 Å². The quantitative estimate of drug-likeness (QED) is 0.517. The molecule has 0 spiro atoms. The molecule has 0 amide bonds. The van der Waals surface area contributed by atoms with Crippen molar-refractivity contribution >= 4 is 40.1 Å². The minimum Gasteiger partial charge on any atom is -0.480 e. The van der Waals surface area contributed by atoms with E-state index in [0.717, 1.165) is 28.4 Å². The monoisotopic (exact) mass is 364 g/mol. The summed E-state index contributed by atoms with van der Waals surface area (Å²) < 4.78 is -1.05. The highest BCUT2D eigenvalue weighted by Gasteiger charge is 2.30. The fourth-order valence-electron chi connectivity index (χ4n) is 2.23. The first kappa shape index (κ1) is 17.7. The molecule has 0 aliphatic rings. The Kier molecular flexibility index (Phi) is 4.78. The second-order valence-electron chi connectivity index (χ2n) is 6.10. The number of fused-ring (bicyclic) bond motifs is 1. The molecule has 26 heavy (non-hydrogen) atoms. The van der Waals surface area contributed by atoms with Gasteiger partial charge in [-0.25, -0.2) is 9.97 Å². The number of carbonyl (C=O) groups is 1. The molecule has 6 nitrogen and oxygen atoms in total. The molecule has 3 rings (SSSR count). The maximum atomic E-state index is 11.4. The van der Waals surface area contributed by atoms with Gasteiger partial charge in [-0.2, -0.15) is 5.26 Å². The molecule has 1 heterocycles. The number of para-hydroxylation sites is 1. The third kappa shape index (κ3) is 3.76. The molecular weight excluding hydrogens is 348 g/mol. The molecule has 0 saturated carbocycles. The summed E-state index contributed by atoms with van der Waals surface area (Å²) in [6.45, 7) is 3.23. The van der Waals surface area contributed by atoms with Gasteiger partial charge in [0.2, 0.25) is 0 Å². The van der Waals surface area contributed by atoms with Crippen LogP contribution in [0.3, 0.4) is 0 Å². The average molecular weight is 364 g/mol. The number of benzene rings is 2. The van der Waals surface area contributed by atoms with Crippen molar-refractivity contribution in [2.75, 3.05) is 5.32 Å². The number of aliphatic carboxylic acids is 1. The van der Waals surface area contributed by atoms with Crippen LogP contribution in [0, 0.1) is 11.3 Å². The first-order valence-electron chi connectivity index (χ1n) is 7.85. The number of thioether (sulfide) groups is 1. The van der Waals surface area contributed by atoms with E-state index in [4.69, 9.17) is 5.26 Å². The summed E-state index contributed by atoms with van der Waals surface area (Å²) in [6, 6.07) is 16.6. The second kappa shape index (κ2) is 7.02. The van der Waals surface area contributed by atoms with Crippen LogP contribution in [0.4, 0.5) is 11.5 Å². The lowest BCUT2D eigenvalue weighted by Crippen LogP contribution is -2.27. The lowest BCUT2D eigenvalue weighted by atomic mass is 10.2. The van der Waals surface area contributed by atoms with Gasteiger partial charge in [-0.1, -0.05) is 23.9 Å². The van der Waals surface area contributed by atoms with Gasteiger partial charge in [0.05, 0.1) is 17.1 Å². The van der Waals surface area contributed by atoms with Gasteiger partial charge in [-0.15, -0.1) is 0 Å². The van der Waals surface area contributed by atoms with Crippen LogP contribution in [-0.2, 0) is 4.79 Å². The van der Waals surface area contributed by atoms with Crippen LogP contribution < -0.4 is 5.32 Å². The van der Waals surface area contributed by atoms with E-state index in [9.17, 15) is 9.90 Å². The third-order valence-electron chi connectivity index (χ3n) is 3.72. The molecular formula is C19H16N4O2S. The summed E-state index contributed by atoms with van der Waals surface area (Å²) in [7, 11) is 0. The Morgan fingerprint density at radius 3 is 2.50 bits per heavy atom. The van der Waals surface area contributed by atoms with Crippen LogP contribution in [-0.4, -0.2) is 25.8 Å². The number of rotatable bonds is 5. The van der Waals surface area contributed by atoms with E-state index in [2.05, 4.69) is 21.4 Å². The molecule has 130 valence electrons. The van der Waals surface area contributed by atoms with Crippen LogP contribution in [0.15, 0.2) is 53.7 Å². The maximum absolute atomic E-state index is 11.4. The van der Waals surface area contributed by atoms with Crippen molar-refractivity contribution in [3.05, 3.63) is 54.1 Å². The van der Waals surface area contributed by atoms with E-state index in [-0.39, 0.29) is 0 Å². The number of nitriles is 1. The lowest BCUT2D eigenvalue weighted by molar-refractivity contribution is -0.138. The number of anilines is 2. The molecule has 0 fully saturated rings. The van der Waals surface area contributed by atoms with Gasteiger partial charge in [0, 0.05) is 11.1 Å². The van der Waals surface area contributed by atoms with Crippen molar-refractivity contribution in [3.8, 4) is 6.07 Å². The van der Waals surface area contributed by atoms with E-state index in [1.165, 1.54) is 0 Å². The number of hydrogen-bond acceptors (Lipinski definition) is 6.